The molecule has 3 atom stereocenters. The van der Waals surface area contributed by atoms with Crippen LogP contribution in [0.3, 0.4) is 0 Å². The summed E-state index contributed by atoms with van der Waals surface area (Å²) in [6.45, 7) is 1.48. The molecule has 2 nitrogen and oxygen atoms in total. The van der Waals surface area contributed by atoms with Gasteiger partial charge < -0.3 is 4.74 Å². The minimum atomic E-state index is -0.143. The van der Waals surface area contributed by atoms with Gasteiger partial charge in [-0.1, -0.05) is 12.2 Å². The van der Waals surface area contributed by atoms with Gasteiger partial charge in [0.25, 0.3) is 0 Å². The fourth-order valence-corrected chi connectivity index (χ4v) is 2.08. The van der Waals surface area contributed by atoms with E-state index in [9.17, 15) is 4.79 Å². The molecule has 0 saturated heterocycles. The Bertz CT molecular complexity index is 208. The molecule has 1 saturated carbocycles. The number of fused-ring (bicyclic) bond motifs is 2. The fourth-order valence-electron chi connectivity index (χ4n) is 2.08. The lowest BCUT2D eigenvalue weighted by Crippen LogP contribution is -2.20. The number of rotatable bonds is 1. The van der Waals surface area contributed by atoms with Gasteiger partial charge in [-0.25, -0.2) is 0 Å². The van der Waals surface area contributed by atoms with Gasteiger partial charge in [0.05, 0.1) is 0 Å². The van der Waals surface area contributed by atoms with E-state index in [1.165, 1.54) is 13.3 Å². The smallest absolute Gasteiger partial charge is 0.302 e. The molecule has 2 aliphatic carbocycles. The molecule has 0 aromatic carbocycles. The second-order valence-corrected chi connectivity index (χ2v) is 3.43. The lowest BCUT2D eigenvalue weighted by atomic mass is 10.0. The topological polar surface area (TPSA) is 26.3 Å². The Labute approximate surface area is 66.2 Å². The summed E-state index contributed by atoms with van der Waals surface area (Å²) < 4.78 is 5.15. The number of carbonyl (C=O) groups excluding carboxylic acids is 1. The Balaban J connectivity index is 1.98. The van der Waals surface area contributed by atoms with Crippen molar-refractivity contribution in [2.24, 2.45) is 11.8 Å². The van der Waals surface area contributed by atoms with Crippen LogP contribution in [-0.2, 0) is 9.53 Å². The Morgan fingerprint density at radius 3 is 2.73 bits per heavy atom. The molecule has 2 bridgehead atoms. The molecule has 0 aliphatic heterocycles. The monoisotopic (exact) mass is 152 g/mol. The Kier molecular flexibility index (Phi) is 1.48. The zero-order chi connectivity index (χ0) is 7.84. The van der Waals surface area contributed by atoms with E-state index in [4.69, 9.17) is 4.74 Å². The first-order valence-corrected chi connectivity index (χ1v) is 4.11. The number of esters is 1. The van der Waals surface area contributed by atoms with Crippen molar-refractivity contribution < 1.29 is 9.53 Å². The summed E-state index contributed by atoms with van der Waals surface area (Å²) in [5.74, 6) is 1.06. The normalized spacial score (nSPS) is 39.5. The molecular weight excluding hydrogens is 140 g/mol. The average molecular weight is 152 g/mol. The largest absolute Gasteiger partial charge is 0.462 e. The van der Waals surface area contributed by atoms with Crippen molar-refractivity contribution in [1.29, 1.82) is 0 Å². The molecule has 0 N–H and O–H groups in total. The summed E-state index contributed by atoms with van der Waals surface area (Å²) in [6, 6.07) is 0. The summed E-state index contributed by atoms with van der Waals surface area (Å²) >= 11 is 0. The molecule has 2 heteroatoms. The molecule has 2 aliphatic rings. The highest BCUT2D eigenvalue weighted by Gasteiger charge is 2.37. The van der Waals surface area contributed by atoms with E-state index in [1.54, 1.807) is 0 Å². The third-order valence-electron chi connectivity index (χ3n) is 2.54. The van der Waals surface area contributed by atoms with Crippen LogP contribution in [0.2, 0.25) is 0 Å². The summed E-state index contributed by atoms with van der Waals surface area (Å²) in [5, 5.41) is 0. The quantitative estimate of drug-likeness (QED) is 0.420. The van der Waals surface area contributed by atoms with E-state index < -0.39 is 0 Å². The Hall–Kier alpha value is -0.790. The summed E-state index contributed by atoms with van der Waals surface area (Å²) in [7, 11) is 0. The Morgan fingerprint density at radius 2 is 2.27 bits per heavy atom. The number of allylic oxidation sites excluding steroid dienone is 1. The van der Waals surface area contributed by atoms with Crippen molar-refractivity contribution in [2.75, 3.05) is 0 Å². The van der Waals surface area contributed by atoms with Gasteiger partial charge in [-0.2, -0.15) is 0 Å². The molecule has 1 fully saturated rings. The number of ether oxygens (including phenoxy) is 1. The van der Waals surface area contributed by atoms with Gasteiger partial charge >= 0.3 is 5.97 Å². The summed E-state index contributed by atoms with van der Waals surface area (Å²) in [5.41, 5.74) is 0. The van der Waals surface area contributed by atoms with E-state index in [0.717, 1.165) is 6.42 Å². The zero-order valence-corrected chi connectivity index (χ0v) is 6.62. The minimum Gasteiger partial charge on any atom is -0.462 e. The van der Waals surface area contributed by atoms with Crippen molar-refractivity contribution in [3.63, 3.8) is 0 Å². The van der Waals surface area contributed by atoms with Gasteiger partial charge in [-0.05, 0) is 18.8 Å². The van der Waals surface area contributed by atoms with E-state index in [-0.39, 0.29) is 12.1 Å². The molecule has 0 unspecified atom stereocenters. The van der Waals surface area contributed by atoms with Crippen LogP contribution in [-0.4, -0.2) is 12.1 Å². The van der Waals surface area contributed by atoms with Crippen molar-refractivity contribution in [3.8, 4) is 0 Å². The van der Waals surface area contributed by atoms with Gasteiger partial charge in [-0.15, -0.1) is 0 Å². The first-order chi connectivity index (χ1) is 5.25. The predicted octanol–water partition coefficient (Wildman–Crippen LogP) is 1.51. The maximum Gasteiger partial charge on any atom is 0.302 e. The number of carbonyl (C=O) groups is 1. The fraction of sp³-hybridized carbons (Fsp3) is 0.667. The SMILES string of the molecule is CC(=O)O[C@H]1C[C@@H]2C=C[C@H]1C2. The Morgan fingerprint density at radius 1 is 1.45 bits per heavy atom. The van der Waals surface area contributed by atoms with Crippen LogP contribution in [0.4, 0.5) is 0 Å². The van der Waals surface area contributed by atoms with Crippen molar-refractivity contribution in [1.82, 2.24) is 0 Å². The van der Waals surface area contributed by atoms with Gasteiger partial charge in [0, 0.05) is 12.8 Å². The molecule has 0 amide bonds. The van der Waals surface area contributed by atoms with E-state index in [1.807, 2.05) is 0 Å². The van der Waals surface area contributed by atoms with Crippen LogP contribution >= 0.6 is 0 Å². The lowest BCUT2D eigenvalue weighted by molar-refractivity contribution is -0.147. The van der Waals surface area contributed by atoms with Gasteiger partial charge in [0.15, 0.2) is 0 Å². The van der Waals surface area contributed by atoms with E-state index in [2.05, 4.69) is 12.2 Å². The first kappa shape index (κ1) is 6.89. The molecule has 0 aromatic heterocycles. The maximum atomic E-state index is 10.6. The third kappa shape index (κ3) is 1.17. The number of hydrogen-bond donors (Lipinski definition) is 0. The summed E-state index contributed by atoms with van der Waals surface area (Å²) in [4.78, 5) is 10.6. The highest BCUT2D eigenvalue weighted by Crippen LogP contribution is 2.40. The first-order valence-electron chi connectivity index (χ1n) is 4.11. The maximum absolute atomic E-state index is 10.6. The molecule has 0 radical (unpaired) electrons. The van der Waals surface area contributed by atoms with Crippen LogP contribution < -0.4 is 0 Å². The molecule has 0 aromatic rings. The standard InChI is InChI=1S/C9H12O2/c1-6(10)11-9-5-7-2-3-8(9)4-7/h2-3,7-9H,4-5H2,1H3/t7-,8+,9+/m1/s1. The van der Waals surface area contributed by atoms with Crippen molar-refractivity contribution >= 4 is 5.97 Å². The van der Waals surface area contributed by atoms with Crippen LogP contribution in [0.1, 0.15) is 19.8 Å². The molecule has 11 heavy (non-hydrogen) atoms. The molecular formula is C9H12O2. The van der Waals surface area contributed by atoms with Gasteiger partial charge in [0.1, 0.15) is 6.10 Å². The second-order valence-electron chi connectivity index (χ2n) is 3.43. The van der Waals surface area contributed by atoms with Crippen LogP contribution in [0, 0.1) is 11.8 Å². The van der Waals surface area contributed by atoms with Gasteiger partial charge in [-0.3, -0.25) is 4.79 Å². The summed E-state index contributed by atoms with van der Waals surface area (Å²) in [6.07, 6.45) is 6.84. The molecule has 0 spiro atoms. The third-order valence-corrected chi connectivity index (χ3v) is 2.54. The second kappa shape index (κ2) is 2.36. The van der Waals surface area contributed by atoms with Crippen LogP contribution in [0.5, 0.6) is 0 Å². The van der Waals surface area contributed by atoms with Crippen molar-refractivity contribution in [2.45, 2.75) is 25.9 Å². The average Bonchev–Trinajstić information content (AvgIpc) is 2.45. The van der Waals surface area contributed by atoms with Crippen molar-refractivity contribution in [3.05, 3.63) is 12.2 Å². The molecule has 60 valence electrons. The number of hydrogen-bond acceptors (Lipinski definition) is 2. The van der Waals surface area contributed by atoms with Gasteiger partial charge in [0.2, 0.25) is 0 Å². The van der Waals surface area contributed by atoms with E-state index >= 15 is 0 Å². The van der Waals surface area contributed by atoms with E-state index in [0.29, 0.717) is 11.8 Å². The van der Waals surface area contributed by atoms with Crippen LogP contribution in [0.25, 0.3) is 0 Å². The minimum absolute atomic E-state index is 0.143. The molecule has 2 rings (SSSR count). The highest BCUT2D eigenvalue weighted by atomic mass is 16.5. The highest BCUT2D eigenvalue weighted by molar-refractivity contribution is 5.66. The lowest BCUT2D eigenvalue weighted by Gasteiger charge is -2.17. The molecule has 0 heterocycles. The predicted molar refractivity (Wildman–Crippen MR) is 40.9 cm³/mol. The zero-order valence-electron chi connectivity index (χ0n) is 6.62. The van der Waals surface area contributed by atoms with Crippen LogP contribution in [0.15, 0.2) is 12.2 Å².